The summed E-state index contributed by atoms with van der Waals surface area (Å²) < 4.78 is 27.2. The summed E-state index contributed by atoms with van der Waals surface area (Å²) in [7, 11) is -3.99. The standard InChI is InChI=1S/C17H22N4O3S/c1-4-13-8-9-14(20-16-7-5-6-10-18-16)11-15(13)25(23,24)21-17(22)19-12(2)3/h5-12H,4H2,1-3H3,(H,18,20)(H2,19,21,22). The zero-order valence-electron chi connectivity index (χ0n) is 14.4. The molecule has 0 aliphatic rings. The van der Waals surface area contributed by atoms with Gasteiger partial charge in [-0.1, -0.05) is 19.1 Å². The zero-order chi connectivity index (χ0) is 18.4. The van der Waals surface area contributed by atoms with Gasteiger partial charge in [0.1, 0.15) is 5.82 Å². The largest absolute Gasteiger partial charge is 0.340 e. The Morgan fingerprint density at radius 2 is 1.96 bits per heavy atom. The number of pyridine rings is 1. The zero-order valence-corrected chi connectivity index (χ0v) is 15.2. The Morgan fingerprint density at radius 1 is 1.20 bits per heavy atom. The number of nitrogens with zero attached hydrogens (tertiary/aromatic N) is 1. The third kappa shape index (κ3) is 5.18. The van der Waals surface area contributed by atoms with Crippen molar-refractivity contribution in [2.75, 3.05) is 5.32 Å². The van der Waals surface area contributed by atoms with Crippen LogP contribution in [0.5, 0.6) is 0 Å². The van der Waals surface area contributed by atoms with Crippen molar-refractivity contribution >= 4 is 27.6 Å². The lowest BCUT2D eigenvalue weighted by molar-refractivity contribution is 0.243. The summed E-state index contributed by atoms with van der Waals surface area (Å²) in [6.07, 6.45) is 2.16. The molecule has 0 unspecified atom stereocenters. The van der Waals surface area contributed by atoms with E-state index in [9.17, 15) is 13.2 Å². The second-order valence-electron chi connectivity index (χ2n) is 5.75. The van der Waals surface area contributed by atoms with Crippen LogP contribution in [-0.2, 0) is 16.4 Å². The maximum atomic E-state index is 12.6. The van der Waals surface area contributed by atoms with Gasteiger partial charge in [-0.25, -0.2) is 22.9 Å². The van der Waals surface area contributed by atoms with Crippen LogP contribution in [0.25, 0.3) is 0 Å². The van der Waals surface area contributed by atoms with Crippen LogP contribution in [0.4, 0.5) is 16.3 Å². The molecule has 7 nitrogen and oxygen atoms in total. The molecule has 1 aromatic carbocycles. The predicted octanol–water partition coefficient (Wildman–Crippen LogP) is 2.78. The molecule has 1 heterocycles. The highest BCUT2D eigenvalue weighted by Gasteiger charge is 2.21. The van der Waals surface area contributed by atoms with Crippen molar-refractivity contribution in [3.63, 3.8) is 0 Å². The van der Waals surface area contributed by atoms with Crippen LogP contribution >= 0.6 is 0 Å². The Hall–Kier alpha value is -2.61. The van der Waals surface area contributed by atoms with Crippen LogP contribution in [-0.4, -0.2) is 25.5 Å². The van der Waals surface area contributed by atoms with E-state index in [1.807, 2.05) is 17.7 Å². The first-order valence-electron chi connectivity index (χ1n) is 7.96. The SMILES string of the molecule is CCc1ccc(Nc2ccccn2)cc1S(=O)(=O)NC(=O)NC(C)C. The van der Waals surface area contributed by atoms with Crippen LogP contribution < -0.4 is 15.4 Å². The van der Waals surface area contributed by atoms with E-state index in [0.717, 1.165) is 0 Å². The molecule has 1 aromatic heterocycles. The predicted molar refractivity (Wildman–Crippen MR) is 97.3 cm³/mol. The number of anilines is 2. The first-order valence-corrected chi connectivity index (χ1v) is 9.44. The third-order valence-corrected chi connectivity index (χ3v) is 4.73. The number of hydrogen-bond acceptors (Lipinski definition) is 5. The van der Waals surface area contributed by atoms with Crippen molar-refractivity contribution in [1.82, 2.24) is 15.0 Å². The van der Waals surface area contributed by atoms with E-state index >= 15 is 0 Å². The fourth-order valence-electron chi connectivity index (χ4n) is 2.23. The molecule has 2 rings (SSSR count). The molecule has 0 atom stereocenters. The molecule has 0 bridgehead atoms. The van der Waals surface area contributed by atoms with E-state index < -0.39 is 16.1 Å². The maximum Gasteiger partial charge on any atom is 0.328 e. The number of hydrogen-bond donors (Lipinski definition) is 3. The van der Waals surface area contributed by atoms with Gasteiger partial charge in [0.15, 0.2) is 0 Å². The fraction of sp³-hybridized carbons (Fsp3) is 0.294. The van der Waals surface area contributed by atoms with Gasteiger partial charge in [0.05, 0.1) is 4.90 Å². The topological polar surface area (TPSA) is 100 Å². The summed E-state index contributed by atoms with van der Waals surface area (Å²) in [6, 6.07) is 9.47. The van der Waals surface area contributed by atoms with Gasteiger partial charge in [0.25, 0.3) is 10.0 Å². The van der Waals surface area contributed by atoms with Crippen molar-refractivity contribution in [3.05, 3.63) is 48.2 Å². The molecule has 25 heavy (non-hydrogen) atoms. The number of carbonyl (C=O) groups excluding carboxylic acids is 1. The van der Waals surface area contributed by atoms with E-state index in [4.69, 9.17) is 0 Å². The van der Waals surface area contributed by atoms with Crippen molar-refractivity contribution in [3.8, 4) is 0 Å². The van der Waals surface area contributed by atoms with Gasteiger partial charge in [-0.3, -0.25) is 0 Å². The number of urea groups is 1. The number of aryl methyl sites for hydroxylation is 1. The van der Waals surface area contributed by atoms with Gasteiger partial charge < -0.3 is 10.6 Å². The van der Waals surface area contributed by atoms with Gasteiger partial charge in [0, 0.05) is 17.9 Å². The number of rotatable bonds is 6. The molecule has 0 saturated carbocycles. The molecule has 0 spiro atoms. The van der Waals surface area contributed by atoms with Crippen LogP contribution in [0.15, 0.2) is 47.5 Å². The average molecular weight is 362 g/mol. The molecule has 2 amide bonds. The lowest BCUT2D eigenvalue weighted by atomic mass is 10.1. The normalized spacial score (nSPS) is 11.2. The Kier molecular flexibility index (Phi) is 5.97. The Balaban J connectivity index is 2.31. The smallest absolute Gasteiger partial charge is 0.328 e. The highest BCUT2D eigenvalue weighted by atomic mass is 32.2. The molecule has 0 fully saturated rings. The molecule has 0 saturated heterocycles. The van der Waals surface area contributed by atoms with Gasteiger partial charge in [-0.05, 0) is 50.1 Å². The van der Waals surface area contributed by atoms with E-state index in [1.54, 1.807) is 44.3 Å². The van der Waals surface area contributed by atoms with Crippen molar-refractivity contribution in [1.29, 1.82) is 0 Å². The van der Waals surface area contributed by atoms with Crippen LogP contribution in [0.1, 0.15) is 26.3 Å². The Labute approximate surface area is 147 Å². The summed E-state index contributed by atoms with van der Waals surface area (Å²) >= 11 is 0. The lowest BCUT2D eigenvalue weighted by Gasteiger charge is -2.14. The number of aromatic nitrogens is 1. The quantitative estimate of drug-likeness (QED) is 0.734. The molecular weight excluding hydrogens is 340 g/mol. The molecular formula is C17H22N4O3S. The summed E-state index contributed by atoms with van der Waals surface area (Å²) in [5, 5.41) is 5.56. The van der Waals surface area contributed by atoms with E-state index in [0.29, 0.717) is 23.5 Å². The molecule has 0 radical (unpaired) electrons. The number of carbonyl (C=O) groups is 1. The third-order valence-electron chi connectivity index (χ3n) is 3.32. The first-order chi connectivity index (χ1) is 11.8. The average Bonchev–Trinajstić information content (AvgIpc) is 2.54. The van der Waals surface area contributed by atoms with Crippen LogP contribution in [0, 0.1) is 0 Å². The minimum Gasteiger partial charge on any atom is -0.340 e. The molecule has 134 valence electrons. The van der Waals surface area contributed by atoms with E-state index in [2.05, 4.69) is 15.6 Å². The fourth-order valence-corrected chi connectivity index (χ4v) is 3.48. The van der Waals surface area contributed by atoms with Crippen LogP contribution in [0.3, 0.4) is 0 Å². The highest BCUT2D eigenvalue weighted by molar-refractivity contribution is 7.90. The monoisotopic (exact) mass is 362 g/mol. The summed E-state index contributed by atoms with van der Waals surface area (Å²) in [5.41, 5.74) is 1.19. The Bertz CT molecular complexity index is 836. The van der Waals surface area contributed by atoms with Gasteiger partial charge in [-0.2, -0.15) is 0 Å². The summed E-state index contributed by atoms with van der Waals surface area (Å²) in [4.78, 5) is 16.0. The number of amides is 2. The minimum absolute atomic E-state index is 0.0647. The number of sulfonamides is 1. The molecule has 0 aliphatic heterocycles. The first kappa shape index (κ1) is 18.7. The Morgan fingerprint density at radius 3 is 2.56 bits per heavy atom. The second kappa shape index (κ2) is 7.98. The van der Waals surface area contributed by atoms with Gasteiger partial charge in [0.2, 0.25) is 0 Å². The van der Waals surface area contributed by atoms with Crippen molar-refractivity contribution in [2.45, 2.75) is 38.1 Å². The molecule has 3 N–H and O–H groups in total. The molecule has 8 heteroatoms. The number of benzene rings is 1. The minimum atomic E-state index is -3.99. The summed E-state index contributed by atoms with van der Waals surface area (Å²) in [5.74, 6) is 0.598. The van der Waals surface area contributed by atoms with Crippen LogP contribution in [0.2, 0.25) is 0 Å². The summed E-state index contributed by atoms with van der Waals surface area (Å²) in [6.45, 7) is 5.36. The highest BCUT2D eigenvalue weighted by Crippen LogP contribution is 2.23. The molecule has 2 aromatic rings. The maximum absolute atomic E-state index is 12.6. The molecule has 0 aliphatic carbocycles. The van der Waals surface area contributed by atoms with Crippen molar-refractivity contribution in [2.24, 2.45) is 0 Å². The van der Waals surface area contributed by atoms with Gasteiger partial charge >= 0.3 is 6.03 Å². The van der Waals surface area contributed by atoms with E-state index in [-0.39, 0.29) is 10.9 Å². The second-order valence-corrected chi connectivity index (χ2v) is 7.40. The lowest BCUT2D eigenvalue weighted by Crippen LogP contribution is -2.42. The van der Waals surface area contributed by atoms with Crippen molar-refractivity contribution < 1.29 is 13.2 Å². The van der Waals surface area contributed by atoms with E-state index in [1.165, 1.54) is 6.07 Å². The number of nitrogens with one attached hydrogen (secondary N) is 3. The van der Waals surface area contributed by atoms with Gasteiger partial charge in [-0.15, -0.1) is 0 Å².